The van der Waals surface area contributed by atoms with E-state index in [0.717, 1.165) is 27.5 Å². The summed E-state index contributed by atoms with van der Waals surface area (Å²) < 4.78 is 1.06. The minimum Gasteiger partial charge on any atom is -0.339 e. The fraction of sp³-hybridized carbons (Fsp3) is 0.0385. The van der Waals surface area contributed by atoms with Gasteiger partial charge in [-0.2, -0.15) is 0 Å². The fourth-order valence-corrected chi connectivity index (χ4v) is 8.55. The Hall–Kier alpha value is -2.74. The smallest absolute Gasteiger partial charge is 0.146 e. The van der Waals surface area contributed by atoms with Crippen molar-refractivity contribution < 1.29 is 0 Å². The summed E-state index contributed by atoms with van der Waals surface area (Å²) in [5.74, 6) is 1.02. The molecule has 0 fully saturated rings. The summed E-state index contributed by atoms with van der Waals surface area (Å²) in [6.45, 7) is 0. The minimum atomic E-state index is -1.95. The van der Waals surface area contributed by atoms with Crippen LogP contribution in [-0.2, 0) is 6.16 Å². The van der Waals surface area contributed by atoms with Crippen molar-refractivity contribution in [3.8, 4) is 0 Å². The van der Waals surface area contributed by atoms with Gasteiger partial charge in [0.25, 0.3) is 0 Å². The third-order valence-electron chi connectivity index (χ3n) is 5.47. The quantitative estimate of drug-likeness (QED) is 0.321. The maximum Gasteiger partial charge on any atom is 0.146 e. The van der Waals surface area contributed by atoms with Gasteiger partial charge in [0.15, 0.2) is 0 Å². The zero-order valence-corrected chi connectivity index (χ0v) is 18.9. The Morgan fingerprint density at radius 3 is 1.67 bits per heavy atom. The number of aromatic nitrogens is 2. The van der Waals surface area contributed by atoms with Gasteiger partial charge in [-0.15, -0.1) is 0 Å². The van der Waals surface area contributed by atoms with Crippen LogP contribution in [0.2, 0.25) is 0 Å². The molecular formula is C26H21BrN2P+. The highest BCUT2D eigenvalue weighted by Crippen LogP contribution is 2.57. The van der Waals surface area contributed by atoms with Crippen molar-refractivity contribution in [1.29, 1.82) is 0 Å². The number of rotatable bonds is 5. The minimum absolute atomic E-state index is 0.845. The molecule has 4 aromatic carbocycles. The number of nitrogens with one attached hydrogen (secondary N) is 1. The topological polar surface area (TPSA) is 28.7 Å². The van der Waals surface area contributed by atoms with Gasteiger partial charge in [-0.05, 0) is 54.6 Å². The van der Waals surface area contributed by atoms with Crippen molar-refractivity contribution in [2.75, 3.05) is 0 Å². The van der Waals surface area contributed by atoms with Crippen molar-refractivity contribution in [2.24, 2.45) is 0 Å². The van der Waals surface area contributed by atoms with E-state index in [2.05, 4.69) is 124 Å². The number of fused-ring (bicyclic) bond motifs is 1. The largest absolute Gasteiger partial charge is 0.339 e. The summed E-state index contributed by atoms with van der Waals surface area (Å²) in [7, 11) is -1.95. The SMILES string of the molecule is Brc1ccc2nc(C[P+](c3ccccc3)(c3ccccc3)c3ccccc3)[nH]c2c1. The predicted molar refractivity (Wildman–Crippen MR) is 133 cm³/mol. The second kappa shape index (κ2) is 8.18. The number of hydrogen-bond acceptors (Lipinski definition) is 1. The molecule has 0 spiro atoms. The van der Waals surface area contributed by atoms with Gasteiger partial charge >= 0.3 is 0 Å². The lowest BCUT2D eigenvalue weighted by Gasteiger charge is -2.26. The van der Waals surface area contributed by atoms with Crippen LogP contribution in [0.1, 0.15) is 5.82 Å². The number of nitrogens with zero attached hydrogens (tertiary/aromatic N) is 1. The molecule has 0 bridgehead atoms. The van der Waals surface area contributed by atoms with E-state index < -0.39 is 7.26 Å². The maximum atomic E-state index is 4.97. The van der Waals surface area contributed by atoms with Crippen molar-refractivity contribution in [1.82, 2.24) is 9.97 Å². The first-order chi connectivity index (χ1) is 14.8. The third kappa shape index (κ3) is 3.49. The summed E-state index contributed by atoms with van der Waals surface area (Å²) in [5, 5.41) is 4.09. The van der Waals surface area contributed by atoms with Crippen LogP contribution in [0.25, 0.3) is 11.0 Å². The van der Waals surface area contributed by atoms with Crippen molar-refractivity contribution in [3.63, 3.8) is 0 Å². The van der Waals surface area contributed by atoms with Crippen molar-refractivity contribution in [2.45, 2.75) is 6.16 Å². The van der Waals surface area contributed by atoms with E-state index in [1.165, 1.54) is 15.9 Å². The number of imidazole rings is 1. The standard InChI is InChI=1S/C26H21BrN2P/c27-20-16-17-24-25(18-20)29-26(28-24)19-30(21-10-4-1-5-11-21,22-12-6-2-7-13-22)23-14-8-3-9-15-23/h1-18H,19H2,(H,28,29)/q+1. The van der Waals surface area contributed by atoms with Gasteiger partial charge in [0, 0.05) is 4.47 Å². The van der Waals surface area contributed by atoms with Crippen molar-refractivity contribution >= 4 is 50.1 Å². The molecule has 5 rings (SSSR count). The average Bonchev–Trinajstić information content (AvgIpc) is 3.20. The molecule has 0 amide bonds. The summed E-state index contributed by atoms with van der Waals surface area (Å²) in [6.07, 6.45) is 0.845. The van der Waals surface area contributed by atoms with E-state index in [4.69, 9.17) is 4.98 Å². The summed E-state index contributed by atoms with van der Waals surface area (Å²) in [5.41, 5.74) is 2.06. The summed E-state index contributed by atoms with van der Waals surface area (Å²) >= 11 is 3.57. The van der Waals surface area contributed by atoms with Gasteiger partial charge < -0.3 is 4.98 Å². The molecule has 0 unspecified atom stereocenters. The molecule has 0 atom stereocenters. The molecule has 5 aromatic rings. The van der Waals surface area contributed by atoms with Crippen LogP contribution >= 0.6 is 23.2 Å². The molecule has 1 aromatic heterocycles. The van der Waals surface area contributed by atoms with Gasteiger partial charge in [-0.1, -0.05) is 70.5 Å². The summed E-state index contributed by atoms with van der Waals surface area (Å²) in [4.78, 5) is 8.55. The Kier molecular flexibility index (Phi) is 5.25. The van der Waals surface area contributed by atoms with Gasteiger partial charge in [0.1, 0.15) is 35.2 Å². The molecule has 146 valence electrons. The van der Waals surface area contributed by atoms with Gasteiger partial charge in [-0.3, -0.25) is 0 Å². The highest BCUT2D eigenvalue weighted by Gasteiger charge is 2.46. The zero-order valence-electron chi connectivity index (χ0n) is 16.4. The lowest BCUT2D eigenvalue weighted by molar-refractivity contribution is 1.13. The van der Waals surface area contributed by atoms with Crippen LogP contribution in [0, 0.1) is 0 Å². The fourth-order valence-electron chi connectivity index (χ4n) is 4.10. The number of halogens is 1. The number of H-pyrrole nitrogens is 1. The van der Waals surface area contributed by atoms with Gasteiger partial charge in [0.05, 0.1) is 11.0 Å². The van der Waals surface area contributed by atoms with E-state index in [0.29, 0.717) is 0 Å². The first-order valence-electron chi connectivity index (χ1n) is 9.95. The molecule has 0 aliphatic carbocycles. The molecular weight excluding hydrogens is 451 g/mol. The van der Waals surface area contributed by atoms with Gasteiger partial charge in [-0.25, -0.2) is 4.98 Å². The van der Waals surface area contributed by atoms with Crippen molar-refractivity contribution in [3.05, 3.63) is 119 Å². The first kappa shape index (κ1) is 19.2. The van der Waals surface area contributed by atoms with Gasteiger partial charge in [0.2, 0.25) is 0 Å². The van der Waals surface area contributed by atoms with E-state index in [1.807, 2.05) is 6.07 Å². The van der Waals surface area contributed by atoms with Crippen LogP contribution in [0.5, 0.6) is 0 Å². The van der Waals surface area contributed by atoms with E-state index in [9.17, 15) is 0 Å². The molecule has 30 heavy (non-hydrogen) atoms. The average molecular weight is 472 g/mol. The van der Waals surface area contributed by atoms with Crippen LogP contribution in [0.15, 0.2) is 114 Å². The summed E-state index contributed by atoms with van der Waals surface area (Å²) in [6, 6.07) is 39.0. The Labute approximate surface area is 185 Å². The lowest BCUT2D eigenvalue weighted by atomic mass is 10.3. The molecule has 0 aliphatic heterocycles. The molecule has 2 nitrogen and oxygen atoms in total. The molecule has 1 N–H and O–H groups in total. The molecule has 0 saturated heterocycles. The first-order valence-corrected chi connectivity index (χ1v) is 12.7. The second-order valence-electron chi connectivity index (χ2n) is 7.32. The van der Waals surface area contributed by atoms with Crippen LogP contribution in [0.4, 0.5) is 0 Å². The highest BCUT2D eigenvalue weighted by molar-refractivity contribution is 9.10. The predicted octanol–water partition coefficient (Wildman–Crippen LogP) is 5.82. The molecule has 0 radical (unpaired) electrons. The monoisotopic (exact) mass is 471 g/mol. The maximum absolute atomic E-state index is 4.97. The second-order valence-corrected chi connectivity index (χ2v) is 11.7. The Bertz CT molecular complexity index is 1170. The number of benzene rings is 4. The lowest BCUT2D eigenvalue weighted by Crippen LogP contribution is -2.32. The molecule has 0 aliphatic rings. The Balaban J connectivity index is 1.76. The van der Waals surface area contributed by atoms with Crippen LogP contribution in [-0.4, -0.2) is 9.97 Å². The Morgan fingerprint density at radius 1 is 0.667 bits per heavy atom. The number of aromatic amines is 1. The normalized spacial score (nSPS) is 11.6. The van der Waals surface area contributed by atoms with Crippen LogP contribution < -0.4 is 15.9 Å². The Morgan fingerprint density at radius 2 is 1.17 bits per heavy atom. The highest BCUT2D eigenvalue weighted by atomic mass is 79.9. The molecule has 0 saturated carbocycles. The van der Waals surface area contributed by atoms with E-state index in [1.54, 1.807) is 0 Å². The number of hydrogen-bond donors (Lipinski definition) is 1. The zero-order chi connectivity index (χ0) is 20.4. The molecule has 4 heteroatoms. The van der Waals surface area contributed by atoms with E-state index >= 15 is 0 Å². The van der Waals surface area contributed by atoms with E-state index in [-0.39, 0.29) is 0 Å². The third-order valence-corrected chi connectivity index (χ3v) is 10.3. The van der Waals surface area contributed by atoms with Crippen LogP contribution in [0.3, 0.4) is 0 Å². The molecule has 1 heterocycles.